The first kappa shape index (κ1) is 32.4. The van der Waals surface area contributed by atoms with Gasteiger partial charge in [-0.25, -0.2) is 4.39 Å². The molecule has 9 nitrogen and oxygen atoms in total. The molecule has 1 aromatic heterocycles. The van der Waals surface area contributed by atoms with E-state index in [0.29, 0.717) is 45.7 Å². The van der Waals surface area contributed by atoms with Crippen LogP contribution in [-0.2, 0) is 28.4 Å². The van der Waals surface area contributed by atoms with Gasteiger partial charge in [0, 0.05) is 17.7 Å². The van der Waals surface area contributed by atoms with Crippen molar-refractivity contribution >= 4 is 45.7 Å². The Kier molecular flexibility index (Phi) is 9.07. The molecule has 0 bridgehead atoms. The van der Waals surface area contributed by atoms with Gasteiger partial charge in [-0.1, -0.05) is 71.6 Å². The van der Waals surface area contributed by atoms with Crippen LogP contribution >= 0.6 is 23.1 Å². The lowest BCUT2D eigenvalue weighted by Gasteiger charge is -2.23. The van der Waals surface area contributed by atoms with Crippen molar-refractivity contribution in [2.45, 2.75) is 42.2 Å². The highest BCUT2D eigenvalue weighted by molar-refractivity contribution is 8.00. The molecule has 7 rings (SSSR count). The highest BCUT2D eigenvalue weighted by Crippen LogP contribution is 2.46. The minimum Gasteiger partial charge on any atom is -0.507 e. The zero-order valence-electron chi connectivity index (χ0n) is 26.5. The zero-order valence-corrected chi connectivity index (χ0v) is 28.1. The van der Waals surface area contributed by atoms with Gasteiger partial charge < -0.3 is 19.3 Å². The fourth-order valence-corrected chi connectivity index (χ4v) is 7.69. The van der Waals surface area contributed by atoms with E-state index in [2.05, 4.69) is 10.2 Å². The largest absolute Gasteiger partial charge is 0.507 e. The summed E-state index contributed by atoms with van der Waals surface area (Å²) in [6.07, 6.45) is 0.638. The number of carbonyl (C=O) groups is 2. The number of hydrogen-bond acceptors (Lipinski definition) is 10. The van der Waals surface area contributed by atoms with Crippen molar-refractivity contribution in [1.29, 1.82) is 0 Å². The number of amides is 1. The van der Waals surface area contributed by atoms with Crippen LogP contribution in [0.1, 0.15) is 40.8 Å². The highest BCUT2D eigenvalue weighted by atomic mass is 32.2. The summed E-state index contributed by atoms with van der Waals surface area (Å²) in [6.45, 7) is 2.26. The van der Waals surface area contributed by atoms with Gasteiger partial charge in [-0.2, -0.15) is 0 Å². The van der Waals surface area contributed by atoms with Crippen LogP contribution in [0.3, 0.4) is 0 Å². The van der Waals surface area contributed by atoms with Gasteiger partial charge in [-0.15, -0.1) is 10.2 Å². The first-order valence-corrected chi connectivity index (χ1v) is 17.3. The Labute approximate surface area is 290 Å². The molecule has 1 saturated heterocycles. The molecule has 12 heteroatoms. The monoisotopic (exact) mass is 695 g/mol. The van der Waals surface area contributed by atoms with E-state index in [-0.39, 0.29) is 28.4 Å². The van der Waals surface area contributed by atoms with Crippen LogP contribution < -0.4 is 19.1 Å². The first-order valence-electron chi connectivity index (χ1n) is 15.5. The number of ketones is 1. The fourth-order valence-electron chi connectivity index (χ4n) is 5.86. The summed E-state index contributed by atoms with van der Waals surface area (Å²) in [7, 11) is 1.51. The average molecular weight is 696 g/mol. The van der Waals surface area contributed by atoms with Crippen LogP contribution in [0, 0.1) is 5.82 Å². The first-order chi connectivity index (χ1) is 23.8. The number of aliphatic hydroxyl groups excluding tert-OH is 1. The van der Waals surface area contributed by atoms with Gasteiger partial charge in [0.25, 0.3) is 5.78 Å². The summed E-state index contributed by atoms with van der Waals surface area (Å²) >= 11 is 2.52. The molecule has 0 saturated carbocycles. The number of aliphatic hydroxyl groups is 1. The third-order valence-electron chi connectivity index (χ3n) is 8.23. The molecule has 2 aliphatic heterocycles. The lowest BCUT2D eigenvalue weighted by atomic mass is 9.94. The normalized spacial score (nSPS) is 18.0. The van der Waals surface area contributed by atoms with Gasteiger partial charge >= 0.3 is 5.91 Å². The summed E-state index contributed by atoms with van der Waals surface area (Å²) < 4.78 is 31.5. The maximum absolute atomic E-state index is 13.8. The lowest BCUT2D eigenvalue weighted by Crippen LogP contribution is -2.29. The van der Waals surface area contributed by atoms with Crippen LogP contribution in [0.4, 0.5) is 9.52 Å². The number of fused-ring (bicyclic) bond motifs is 1. The molecular weight excluding hydrogens is 666 g/mol. The zero-order chi connectivity index (χ0) is 34.1. The second-order valence-electron chi connectivity index (χ2n) is 11.6. The number of nitrogens with zero attached hydrogens (tertiary/aromatic N) is 3. The van der Waals surface area contributed by atoms with Crippen LogP contribution in [0.15, 0.2) is 101 Å². The molecule has 3 heterocycles. The van der Waals surface area contributed by atoms with E-state index in [1.54, 1.807) is 48.5 Å². The predicted molar refractivity (Wildman–Crippen MR) is 185 cm³/mol. The van der Waals surface area contributed by atoms with E-state index in [0.717, 1.165) is 33.8 Å². The second kappa shape index (κ2) is 13.7. The van der Waals surface area contributed by atoms with E-state index in [9.17, 15) is 19.1 Å². The molecule has 0 aliphatic carbocycles. The lowest BCUT2D eigenvalue weighted by molar-refractivity contribution is -0.132. The van der Waals surface area contributed by atoms with E-state index >= 15 is 0 Å². The second-order valence-corrected chi connectivity index (χ2v) is 13.8. The molecule has 248 valence electrons. The Bertz CT molecular complexity index is 2070. The van der Waals surface area contributed by atoms with Gasteiger partial charge in [0.15, 0.2) is 15.8 Å². The summed E-state index contributed by atoms with van der Waals surface area (Å²) in [5.41, 5.74) is 3.56. The van der Waals surface area contributed by atoms with Crippen molar-refractivity contribution < 1.29 is 33.3 Å². The van der Waals surface area contributed by atoms with Crippen molar-refractivity contribution in [3.63, 3.8) is 0 Å². The molecule has 5 aromatic rings. The van der Waals surface area contributed by atoms with E-state index in [1.807, 2.05) is 37.3 Å². The third kappa shape index (κ3) is 6.61. The van der Waals surface area contributed by atoms with Gasteiger partial charge in [0.1, 0.15) is 30.0 Å². The number of halogens is 1. The maximum atomic E-state index is 13.8. The number of methoxy groups -OCH3 is 1. The van der Waals surface area contributed by atoms with Gasteiger partial charge in [0.05, 0.1) is 18.7 Å². The number of ether oxygens (including phenoxy) is 3. The van der Waals surface area contributed by atoms with Crippen molar-refractivity contribution in [1.82, 2.24) is 10.2 Å². The number of anilines is 1. The minimum absolute atomic E-state index is 0.0133. The summed E-state index contributed by atoms with van der Waals surface area (Å²) in [5.74, 6) is -0.267. The van der Waals surface area contributed by atoms with E-state index in [1.165, 1.54) is 35.9 Å². The number of benzene rings is 4. The van der Waals surface area contributed by atoms with Crippen molar-refractivity contribution in [2.75, 3.05) is 12.0 Å². The molecular formula is C37H30FN3O6S2. The Morgan fingerprint density at radius 3 is 2.57 bits per heavy atom. The summed E-state index contributed by atoms with van der Waals surface area (Å²) in [4.78, 5) is 28.9. The van der Waals surface area contributed by atoms with E-state index in [4.69, 9.17) is 14.2 Å². The maximum Gasteiger partial charge on any atom is 0.301 e. The standard InChI is InChI=1S/C37H30FN3O6S2/c1-21-16-26-17-25(11-14-28(26)47-21)33(42)31-32(24-10-15-29(30(18-24)45-2)46-19-22-6-4-3-5-7-22)41(35(44)34(31)43)36-39-40-37(49-36)48-20-23-8-12-27(38)13-9-23/h3-15,17-18,21,32,42H,16,19-20H2,1-2H3/b33-31+. The molecule has 2 unspecified atom stereocenters. The van der Waals surface area contributed by atoms with Crippen LogP contribution in [-0.4, -0.2) is 40.2 Å². The minimum atomic E-state index is -1.05. The van der Waals surface area contributed by atoms with Crippen LogP contribution in [0.25, 0.3) is 5.76 Å². The SMILES string of the molecule is COc1cc(C2/C(=C(\O)c3ccc4c(c3)CC(C)O4)C(=O)C(=O)N2c2nnc(SCc3ccc(F)cc3)s2)ccc1OCc1ccccc1. The molecule has 2 atom stereocenters. The highest BCUT2D eigenvalue weighted by Gasteiger charge is 2.48. The average Bonchev–Trinajstić information content (AvgIpc) is 3.81. The molecule has 0 spiro atoms. The quantitative estimate of drug-likeness (QED) is 0.0522. The number of hydrogen-bond donors (Lipinski definition) is 1. The van der Waals surface area contributed by atoms with Gasteiger partial charge in [0.2, 0.25) is 5.13 Å². The summed E-state index contributed by atoms with van der Waals surface area (Å²) in [5, 5.41) is 20.5. The Balaban J connectivity index is 1.26. The molecule has 4 aromatic carbocycles. The molecule has 2 aliphatic rings. The smallest absolute Gasteiger partial charge is 0.301 e. The Morgan fingerprint density at radius 1 is 1.00 bits per heavy atom. The predicted octanol–water partition coefficient (Wildman–Crippen LogP) is 7.51. The van der Waals surface area contributed by atoms with Gasteiger partial charge in [-0.3, -0.25) is 14.5 Å². The molecule has 1 fully saturated rings. The topological polar surface area (TPSA) is 111 Å². The van der Waals surface area contributed by atoms with Gasteiger partial charge in [-0.05, 0) is 71.6 Å². The molecule has 1 amide bonds. The fraction of sp³-hybridized carbons (Fsp3) is 0.189. The van der Waals surface area contributed by atoms with Crippen molar-refractivity contribution in [3.8, 4) is 17.2 Å². The van der Waals surface area contributed by atoms with Crippen molar-refractivity contribution in [3.05, 3.63) is 130 Å². The number of aromatic nitrogens is 2. The van der Waals surface area contributed by atoms with Crippen molar-refractivity contribution in [2.24, 2.45) is 0 Å². The molecule has 1 N–H and O–H groups in total. The number of rotatable bonds is 10. The third-order valence-corrected chi connectivity index (χ3v) is 10.4. The van der Waals surface area contributed by atoms with E-state index < -0.39 is 17.7 Å². The molecule has 49 heavy (non-hydrogen) atoms. The van der Waals surface area contributed by atoms with Crippen LogP contribution in [0.2, 0.25) is 0 Å². The number of thioether (sulfide) groups is 1. The Morgan fingerprint density at radius 2 is 1.80 bits per heavy atom. The Hall–Kier alpha value is -5.20. The van der Waals surface area contributed by atoms with Crippen LogP contribution in [0.5, 0.6) is 17.2 Å². The number of Topliss-reactive ketones (excluding diaryl/α,β-unsaturated/α-hetero) is 1. The number of carbonyl (C=O) groups excluding carboxylic acids is 2. The summed E-state index contributed by atoms with van der Waals surface area (Å²) in [6, 6.07) is 25.2. The molecule has 0 radical (unpaired) electrons.